The Bertz CT molecular complexity index is 583. The van der Waals surface area contributed by atoms with E-state index < -0.39 is 10.2 Å². The van der Waals surface area contributed by atoms with Crippen LogP contribution in [0.3, 0.4) is 0 Å². The van der Waals surface area contributed by atoms with E-state index in [2.05, 4.69) is 5.38 Å². The Morgan fingerprint density at radius 1 is 1.38 bits per heavy atom. The molecule has 21 heavy (non-hydrogen) atoms. The maximum Gasteiger partial charge on any atom is 0.282 e. The number of ether oxygens (including phenoxy) is 1. The van der Waals surface area contributed by atoms with E-state index >= 15 is 0 Å². The van der Waals surface area contributed by atoms with Crippen molar-refractivity contribution >= 4 is 21.5 Å². The molecule has 2 aliphatic heterocycles. The van der Waals surface area contributed by atoms with Gasteiger partial charge >= 0.3 is 0 Å². The largest absolute Gasteiger partial charge is 0.384 e. The zero-order valence-electron chi connectivity index (χ0n) is 12.3. The average molecular weight is 330 g/mol. The van der Waals surface area contributed by atoms with Gasteiger partial charge in [-0.3, -0.25) is 0 Å². The molecule has 1 unspecified atom stereocenters. The van der Waals surface area contributed by atoms with Crippen molar-refractivity contribution < 1.29 is 13.2 Å². The monoisotopic (exact) mass is 330 g/mol. The van der Waals surface area contributed by atoms with Crippen LogP contribution in [0.4, 0.5) is 0 Å². The molecule has 0 saturated carbocycles. The van der Waals surface area contributed by atoms with Crippen molar-refractivity contribution in [2.24, 2.45) is 5.92 Å². The fourth-order valence-corrected chi connectivity index (χ4v) is 5.79. The van der Waals surface area contributed by atoms with Crippen LogP contribution >= 0.6 is 11.3 Å². The molecule has 2 aliphatic rings. The third-order valence-electron chi connectivity index (χ3n) is 4.31. The summed E-state index contributed by atoms with van der Waals surface area (Å²) >= 11 is 1.73. The van der Waals surface area contributed by atoms with Crippen LogP contribution in [0.5, 0.6) is 0 Å². The van der Waals surface area contributed by atoms with Gasteiger partial charge in [-0.25, -0.2) is 0 Å². The van der Waals surface area contributed by atoms with Crippen molar-refractivity contribution in [3.63, 3.8) is 0 Å². The lowest BCUT2D eigenvalue weighted by atomic mass is 10.0. The Hall–Kier alpha value is -0.470. The molecular weight excluding hydrogens is 308 g/mol. The minimum atomic E-state index is -3.34. The summed E-state index contributed by atoms with van der Waals surface area (Å²) < 4.78 is 34.1. The number of piperidine rings is 1. The van der Waals surface area contributed by atoms with Crippen molar-refractivity contribution in [3.05, 3.63) is 21.9 Å². The molecule has 1 atom stereocenters. The highest BCUT2D eigenvalue weighted by molar-refractivity contribution is 7.86. The standard InChI is InChI=1S/C14H22N2O3S2/c1-19-11-12-3-2-6-15(9-12)21(17,18)16-7-4-14-13(10-16)5-8-20-14/h5,8,12H,2-4,6-7,9-11H2,1H3. The first-order chi connectivity index (χ1) is 10.1. The van der Waals surface area contributed by atoms with Crippen LogP contribution in [0.2, 0.25) is 0 Å². The highest BCUT2D eigenvalue weighted by atomic mass is 32.2. The molecule has 5 nitrogen and oxygen atoms in total. The van der Waals surface area contributed by atoms with Gasteiger partial charge in [0.25, 0.3) is 10.2 Å². The van der Waals surface area contributed by atoms with Gasteiger partial charge in [-0.05, 0) is 42.2 Å². The number of thiophene rings is 1. The molecule has 3 rings (SSSR count). The summed E-state index contributed by atoms with van der Waals surface area (Å²) in [6, 6.07) is 2.05. The molecule has 1 aromatic heterocycles. The Morgan fingerprint density at radius 3 is 3.05 bits per heavy atom. The first kappa shape index (κ1) is 15.4. The molecule has 0 amide bonds. The van der Waals surface area contributed by atoms with E-state index in [0.29, 0.717) is 38.7 Å². The van der Waals surface area contributed by atoms with Crippen LogP contribution in [-0.2, 0) is 27.9 Å². The van der Waals surface area contributed by atoms with Crippen molar-refractivity contribution in [2.75, 3.05) is 33.4 Å². The second-order valence-electron chi connectivity index (χ2n) is 5.78. The van der Waals surface area contributed by atoms with Crippen molar-refractivity contribution in [3.8, 4) is 0 Å². The molecule has 1 aromatic rings. The van der Waals surface area contributed by atoms with E-state index in [1.54, 1.807) is 27.1 Å². The maximum atomic E-state index is 12.8. The number of fused-ring (bicyclic) bond motifs is 1. The molecular formula is C14H22N2O3S2. The highest BCUT2D eigenvalue weighted by Crippen LogP contribution is 2.28. The van der Waals surface area contributed by atoms with Crippen LogP contribution < -0.4 is 0 Å². The molecule has 0 bridgehead atoms. The Balaban J connectivity index is 1.72. The van der Waals surface area contributed by atoms with E-state index in [9.17, 15) is 8.42 Å². The predicted octanol–water partition coefficient (Wildman–Crippen LogP) is 1.71. The summed E-state index contributed by atoms with van der Waals surface area (Å²) in [6.45, 7) is 2.98. The highest BCUT2D eigenvalue weighted by Gasteiger charge is 2.35. The third kappa shape index (κ3) is 3.17. The predicted molar refractivity (Wildman–Crippen MR) is 83.5 cm³/mol. The number of nitrogens with zero attached hydrogens (tertiary/aromatic N) is 2. The quantitative estimate of drug-likeness (QED) is 0.844. The lowest BCUT2D eigenvalue weighted by Gasteiger charge is -2.36. The maximum absolute atomic E-state index is 12.8. The van der Waals surface area contributed by atoms with Gasteiger partial charge in [0, 0.05) is 38.2 Å². The smallest absolute Gasteiger partial charge is 0.282 e. The number of hydrogen-bond donors (Lipinski definition) is 0. The Labute approximate surface area is 130 Å². The molecule has 0 aromatic carbocycles. The normalized spacial score (nSPS) is 24.9. The van der Waals surface area contributed by atoms with Crippen molar-refractivity contribution in [2.45, 2.75) is 25.8 Å². The number of rotatable bonds is 4. The van der Waals surface area contributed by atoms with E-state index in [1.807, 2.05) is 6.07 Å². The summed E-state index contributed by atoms with van der Waals surface area (Å²) in [5, 5.41) is 2.05. The minimum Gasteiger partial charge on any atom is -0.384 e. The van der Waals surface area contributed by atoms with Crippen LogP contribution in [0.15, 0.2) is 11.4 Å². The fraction of sp³-hybridized carbons (Fsp3) is 0.714. The lowest BCUT2D eigenvalue weighted by Crippen LogP contribution is -2.49. The van der Waals surface area contributed by atoms with Crippen molar-refractivity contribution in [1.29, 1.82) is 0 Å². The second kappa shape index (κ2) is 6.34. The molecule has 0 N–H and O–H groups in total. The second-order valence-corrected chi connectivity index (χ2v) is 8.71. The van der Waals surface area contributed by atoms with E-state index in [0.717, 1.165) is 19.3 Å². The van der Waals surface area contributed by atoms with Gasteiger partial charge in [0.05, 0.1) is 6.61 Å². The molecule has 3 heterocycles. The van der Waals surface area contributed by atoms with Gasteiger partial charge < -0.3 is 4.74 Å². The van der Waals surface area contributed by atoms with E-state index in [-0.39, 0.29) is 0 Å². The van der Waals surface area contributed by atoms with Gasteiger partial charge in [-0.1, -0.05) is 0 Å². The lowest BCUT2D eigenvalue weighted by molar-refractivity contribution is 0.116. The molecule has 0 aliphatic carbocycles. The first-order valence-electron chi connectivity index (χ1n) is 7.40. The zero-order valence-corrected chi connectivity index (χ0v) is 14.0. The molecule has 0 radical (unpaired) electrons. The Kier molecular flexibility index (Phi) is 4.66. The van der Waals surface area contributed by atoms with Crippen LogP contribution in [-0.4, -0.2) is 50.4 Å². The van der Waals surface area contributed by atoms with Crippen molar-refractivity contribution in [1.82, 2.24) is 8.61 Å². The molecule has 118 valence electrons. The summed E-state index contributed by atoms with van der Waals surface area (Å²) in [6.07, 6.45) is 2.81. The summed E-state index contributed by atoms with van der Waals surface area (Å²) in [7, 11) is -1.66. The summed E-state index contributed by atoms with van der Waals surface area (Å²) in [5.41, 5.74) is 1.17. The van der Waals surface area contributed by atoms with Gasteiger partial charge in [0.2, 0.25) is 0 Å². The van der Waals surface area contributed by atoms with Crippen LogP contribution in [0.1, 0.15) is 23.3 Å². The number of methoxy groups -OCH3 is 1. The Morgan fingerprint density at radius 2 is 2.24 bits per heavy atom. The molecule has 0 spiro atoms. The van der Waals surface area contributed by atoms with Gasteiger partial charge in [0.1, 0.15) is 0 Å². The molecule has 7 heteroatoms. The van der Waals surface area contributed by atoms with Crippen LogP contribution in [0, 0.1) is 5.92 Å². The van der Waals surface area contributed by atoms with Gasteiger partial charge in [0.15, 0.2) is 0 Å². The molecule has 1 fully saturated rings. The zero-order chi connectivity index (χ0) is 14.9. The number of hydrogen-bond acceptors (Lipinski definition) is 4. The third-order valence-corrected chi connectivity index (χ3v) is 7.28. The summed E-state index contributed by atoms with van der Waals surface area (Å²) in [4.78, 5) is 1.33. The topological polar surface area (TPSA) is 49.9 Å². The fourth-order valence-electron chi connectivity index (χ4n) is 3.19. The van der Waals surface area contributed by atoms with Gasteiger partial charge in [-0.2, -0.15) is 17.0 Å². The van der Waals surface area contributed by atoms with Crippen LogP contribution in [0.25, 0.3) is 0 Å². The minimum absolute atomic E-state index is 0.319. The van der Waals surface area contributed by atoms with E-state index in [4.69, 9.17) is 4.74 Å². The van der Waals surface area contributed by atoms with E-state index in [1.165, 1.54) is 10.4 Å². The summed E-state index contributed by atoms with van der Waals surface area (Å²) in [5.74, 6) is 0.319. The average Bonchev–Trinajstić information content (AvgIpc) is 2.95. The molecule has 1 saturated heterocycles. The van der Waals surface area contributed by atoms with Gasteiger partial charge in [-0.15, -0.1) is 11.3 Å². The first-order valence-corrected chi connectivity index (χ1v) is 9.68. The SMILES string of the molecule is COCC1CCCN(S(=O)(=O)N2CCc3sccc3C2)C1.